The summed E-state index contributed by atoms with van der Waals surface area (Å²) in [6, 6.07) is 24.6. The average Bonchev–Trinajstić information content (AvgIpc) is 2.73. The molecule has 0 bridgehead atoms. The van der Waals surface area contributed by atoms with Crippen LogP contribution in [0.3, 0.4) is 0 Å². The summed E-state index contributed by atoms with van der Waals surface area (Å²) in [5.41, 5.74) is 6.40. The maximum atomic E-state index is 9.15. The first-order valence-corrected chi connectivity index (χ1v) is 9.64. The van der Waals surface area contributed by atoms with Crippen LogP contribution in [0.25, 0.3) is 0 Å². The van der Waals surface area contributed by atoms with Crippen LogP contribution in [-0.4, -0.2) is 35.1 Å². The molecule has 3 rings (SSSR count). The Bertz CT molecular complexity index is 725. The van der Waals surface area contributed by atoms with Crippen LogP contribution in [0, 0.1) is 0 Å². The van der Waals surface area contributed by atoms with Gasteiger partial charge in [-0.3, -0.25) is 0 Å². The van der Waals surface area contributed by atoms with Crippen molar-refractivity contribution in [1.82, 2.24) is 0 Å². The lowest BCUT2D eigenvalue weighted by molar-refractivity contribution is 0.299. The molecule has 3 aromatic carbocycles. The largest absolute Gasteiger partial charge is 0.396 e. The molecule has 0 amide bonds. The molecule has 4 heteroatoms. The normalized spacial score (nSPS) is 10.8. The van der Waals surface area contributed by atoms with Crippen LogP contribution in [0.15, 0.2) is 72.8 Å². The number of aliphatic hydroxyl groups excluding tert-OH is 3. The molecule has 0 aliphatic rings. The van der Waals surface area contributed by atoms with Gasteiger partial charge in [-0.2, -0.15) is 0 Å². The molecule has 0 saturated carbocycles. The van der Waals surface area contributed by atoms with Crippen LogP contribution in [0.4, 0.5) is 17.1 Å². The van der Waals surface area contributed by atoms with Gasteiger partial charge in [0.05, 0.1) is 0 Å². The number of anilines is 3. The second kappa shape index (κ2) is 10.0. The van der Waals surface area contributed by atoms with Crippen molar-refractivity contribution in [1.29, 1.82) is 0 Å². The van der Waals surface area contributed by atoms with E-state index in [4.69, 9.17) is 15.3 Å². The van der Waals surface area contributed by atoms with E-state index in [1.54, 1.807) is 0 Å². The summed E-state index contributed by atoms with van der Waals surface area (Å²) in [5.74, 6) is 0. The van der Waals surface area contributed by atoms with Gasteiger partial charge in [-0.05, 0) is 72.4 Å². The Kier molecular flexibility index (Phi) is 7.20. The zero-order valence-corrected chi connectivity index (χ0v) is 16.0. The fourth-order valence-corrected chi connectivity index (χ4v) is 3.27. The van der Waals surface area contributed by atoms with E-state index in [0.29, 0.717) is 19.3 Å². The number of hydrogen-bond donors (Lipinski definition) is 3. The standard InChI is InChI=1S/C24H27NO3/c26-16-13-19-1-7-22(8-2-19)25(23-9-3-20(4-10-23)14-17-27)24-11-5-21(6-12-24)15-18-28/h1-12,26-28H,13-18H2. The smallest absolute Gasteiger partial charge is 0.0471 e. The molecule has 0 fully saturated rings. The quantitative estimate of drug-likeness (QED) is 0.531. The maximum absolute atomic E-state index is 9.15. The minimum atomic E-state index is 0.141. The highest BCUT2D eigenvalue weighted by atomic mass is 16.3. The molecule has 3 N–H and O–H groups in total. The van der Waals surface area contributed by atoms with Gasteiger partial charge >= 0.3 is 0 Å². The highest BCUT2D eigenvalue weighted by molar-refractivity contribution is 5.76. The molecule has 3 aromatic rings. The number of rotatable bonds is 9. The third-order valence-electron chi connectivity index (χ3n) is 4.79. The van der Waals surface area contributed by atoms with Gasteiger partial charge in [-0.15, -0.1) is 0 Å². The lowest BCUT2D eigenvalue weighted by Gasteiger charge is -2.26. The molecule has 0 aliphatic heterocycles. The molecule has 0 saturated heterocycles. The van der Waals surface area contributed by atoms with Crippen LogP contribution >= 0.6 is 0 Å². The number of benzene rings is 3. The van der Waals surface area contributed by atoms with E-state index in [2.05, 4.69) is 41.3 Å². The van der Waals surface area contributed by atoms with E-state index in [-0.39, 0.29) is 19.8 Å². The Morgan fingerprint density at radius 2 is 0.679 bits per heavy atom. The Hall–Kier alpha value is -2.66. The van der Waals surface area contributed by atoms with Gasteiger partial charge < -0.3 is 20.2 Å². The summed E-state index contributed by atoms with van der Waals surface area (Å²) < 4.78 is 0. The van der Waals surface area contributed by atoms with Crippen molar-refractivity contribution in [2.24, 2.45) is 0 Å². The first kappa shape index (κ1) is 20.1. The van der Waals surface area contributed by atoms with Crippen LogP contribution in [0.2, 0.25) is 0 Å². The Balaban J connectivity index is 1.97. The van der Waals surface area contributed by atoms with Crippen molar-refractivity contribution in [3.8, 4) is 0 Å². The van der Waals surface area contributed by atoms with Gasteiger partial charge in [0.1, 0.15) is 0 Å². The van der Waals surface area contributed by atoms with E-state index >= 15 is 0 Å². The molecule has 0 unspecified atom stereocenters. The Labute approximate surface area is 166 Å². The predicted molar refractivity (Wildman–Crippen MR) is 113 cm³/mol. The molecule has 146 valence electrons. The molecule has 28 heavy (non-hydrogen) atoms. The fraction of sp³-hybridized carbons (Fsp3) is 0.250. The summed E-state index contributed by atoms with van der Waals surface area (Å²) >= 11 is 0. The summed E-state index contributed by atoms with van der Waals surface area (Å²) in [7, 11) is 0. The van der Waals surface area contributed by atoms with E-state index in [1.165, 1.54) is 0 Å². The lowest BCUT2D eigenvalue weighted by atomic mass is 10.1. The van der Waals surface area contributed by atoms with Crippen molar-refractivity contribution >= 4 is 17.1 Å². The number of aliphatic hydroxyl groups is 3. The molecule has 4 nitrogen and oxygen atoms in total. The molecule has 0 aromatic heterocycles. The third kappa shape index (κ3) is 4.98. The summed E-state index contributed by atoms with van der Waals surface area (Å²) in [4.78, 5) is 2.17. The van der Waals surface area contributed by atoms with Crippen molar-refractivity contribution in [3.63, 3.8) is 0 Å². The highest BCUT2D eigenvalue weighted by Crippen LogP contribution is 2.34. The van der Waals surface area contributed by atoms with Crippen LogP contribution in [0.5, 0.6) is 0 Å². The van der Waals surface area contributed by atoms with E-state index in [0.717, 1.165) is 33.8 Å². The summed E-state index contributed by atoms with van der Waals surface area (Å²) in [6.45, 7) is 0.422. The van der Waals surface area contributed by atoms with Gasteiger partial charge in [0, 0.05) is 36.9 Å². The van der Waals surface area contributed by atoms with Crippen molar-refractivity contribution in [2.75, 3.05) is 24.7 Å². The first-order chi connectivity index (χ1) is 13.7. The maximum Gasteiger partial charge on any atom is 0.0471 e. The second-order valence-corrected chi connectivity index (χ2v) is 6.76. The minimum Gasteiger partial charge on any atom is -0.396 e. The van der Waals surface area contributed by atoms with Crippen LogP contribution in [-0.2, 0) is 19.3 Å². The van der Waals surface area contributed by atoms with E-state index in [9.17, 15) is 0 Å². The average molecular weight is 377 g/mol. The monoisotopic (exact) mass is 377 g/mol. The molecule has 0 spiro atoms. The molecular formula is C24H27NO3. The van der Waals surface area contributed by atoms with Gasteiger partial charge in [0.25, 0.3) is 0 Å². The van der Waals surface area contributed by atoms with E-state index in [1.807, 2.05) is 36.4 Å². The van der Waals surface area contributed by atoms with Gasteiger partial charge in [-0.25, -0.2) is 0 Å². The summed E-state index contributed by atoms with van der Waals surface area (Å²) in [6.07, 6.45) is 1.93. The lowest BCUT2D eigenvalue weighted by Crippen LogP contribution is -2.10. The predicted octanol–water partition coefficient (Wildman–Crippen LogP) is 3.76. The molecule has 0 radical (unpaired) electrons. The fourth-order valence-electron chi connectivity index (χ4n) is 3.27. The zero-order valence-electron chi connectivity index (χ0n) is 16.0. The Morgan fingerprint density at radius 1 is 0.429 bits per heavy atom. The number of nitrogens with zero attached hydrogens (tertiary/aromatic N) is 1. The summed E-state index contributed by atoms with van der Waals surface area (Å²) in [5, 5.41) is 27.4. The molecule has 0 heterocycles. The Morgan fingerprint density at radius 3 is 0.893 bits per heavy atom. The topological polar surface area (TPSA) is 63.9 Å². The van der Waals surface area contributed by atoms with Crippen molar-refractivity contribution in [2.45, 2.75) is 19.3 Å². The van der Waals surface area contributed by atoms with Crippen LogP contribution < -0.4 is 4.90 Å². The minimum absolute atomic E-state index is 0.141. The molecular weight excluding hydrogens is 350 g/mol. The van der Waals surface area contributed by atoms with Gasteiger partial charge in [0.15, 0.2) is 0 Å². The van der Waals surface area contributed by atoms with E-state index < -0.39 is 0 Å². The SMILES string of the molecule is OCCc1ccc(N(c2ccc(CCO)cc2)c2ccc(CCO)cc2)cc1. The first-order valence-electron chi connectivity index (χ1n) is 9.64. The number of hydrogen-bond acceptors (Lipinski definition) is 4. The van der Waals surface area contributed by atoms with Crippen LogP contribution in [0.1, 0.15) is 16.7 Å². The van der Waals surface area contributed by atoms with Crippen molar-refractivity contribution < 1.29 is 15.3 Å². The van der Waals surface area contributed by atoms with Crippen molar-refractivity contribution in [3.05, 3.63) is 89.5 Å². The van der Waals surface area contributed by atoms with Gasteiger partial charge in [-0.1, -0.05) is 36.4 Å². The molecule has 0 aliphatic carbocycles. The second-order valence-electron chi connectivity index (χ2n) is 6.76. The highest BCUT2D eigenvalue weighted by Gasteiger charge is 2.12. The third-order valence-corrected chi connectivity index (χ3v) is 4.79. The molecule has 0 atom stereocenters. The van der Waals surface area contributed by atoms with Gasteiger partial charge in [0.2, 0.25) is 0 Å². The zero-order chi connectivity index (χ0) is 19.8.